The third-order valence-corrected chi connectivity index (χ3v) is 4.95. The summed E-state index contributed by atoms with van der Waals surface area (Å²) in [5.74, 6) is -0.190. The predicted molar refractivity (Wildman–Crippen MR) is 78.5 cm³/mol. The predicted octanol–water partition coefficient (Wildman–Crippen LogP) is 1.91. The number of amides is 1. The molecular formula is C15H26F3N3O. The molecule has 1 saturated heterocycles. The highest BCUT2D eigenvalue weighted by Gasteiger charge is 2.46. The number of carbonyl (C=O) groups excluding carboxylic acids is 1. The molecule has 128 valence electrons. The topological polar surface area (TPSA) is 44.4 Å². The summed E-state index contributed by atoms with van der Waals surface area (Å²) in [5.41, 5.74) is -0.408. The van der Waals surface area contributed by atoms with Crippen LogP contribution in [0.3, 0.4) is 0 Å². The first-order chi connectivity index (χ1) is 10.4. The van der Waals surface area contributed by atoms with Gasteiger partial charge in [-0.25, -0.2) is 0 Å². The van der Waals surface area contributed by atoms with Crippen molar-refractivity contribution in [2.75, 3.05) is 32.7 Å². The van der Waals surface area contributed by atoms with E-state index in [4.69, 9.17) is 0 Å². The second kappa shape index (κ2) is 7.17. The fourth-order valence-corrected chi connectivity index (χ4v) is 3.50. The average Bonchev–Trinajstić information content (AvgIpc) is 2.42. The minimum Gasteiger partial charge on any atom is -0.354 e. The summed E-state index contributed by atoms with van der Waals surface area (Å²) < 4.78 is 39.8. The van der Waals surface area contributed by atoms with Crippen LogP contribution in [-0.2, 0) is 4.79 Å². The van der Waals surface area contributed by atoms with Gasteiger partial charge in [0.1, 0.15) is 6.04 Å². The molecule has 1 aliphatic carbocycles. The number of alkyl halides is 3. The van der Waals surface area contributed by atoms with Gasteiger partial charge in [-0.15, -0.1) is 0 Å². The van der Waals surface area contributed by atoms with E-state index < -0.39 is 17.6 Å². The molecule has 2 fully saturated rings. The van der Waals surface area contributed by atoms with Crippen LogP contribution in [0.1, 0.15) is 39.0 Å². The Labute approximate surface area is 129 Å². The van der Waals surface area contributed by atoms with Crippen LogP contribution >= 0.6 is 0 Å². The standard InChI is InChI=1S/C15H26F3N3O/c1-2-4-14(5-3-6-14)13(22)20-11-12(15(16,17)18)21-9-7-19-8-10-21/h12,19H,2-11H2,1H3,(H,20,22). The molecule has 1 atom stereocenters. The normalized spacial score (nSPS) is 23.6. The molecule has 0 aromatic rings. The number of hydrogen-bond acceptors (Lipinski definition) is 3. The van der Waals surface area contributed by atoms with Crippen LogP contribution in [0.25, 0.3) is 0 Å². The highest BCUT2D eigenvalue weighted by molar-refractivity contribution is 5.83. The van der Waals surface area contributed by atoms with E-state index in [0.29, 0.717) is 26.2 Å². The Hall–Kier alpha value is -0.820. The molecular weight excluding hydrogens is 295 g/mol. The Morgan fingerprint density at radius 1 is 1.32 bits per heavy atom. The highest BCUT2D eigenvalue weighted by atomic mass is 19.4. The maximum Gasteiger partial charge on any atom is 0.405 e. The Balaban J connectivity index is 1.94. The SMILES string of the molecule is CCCC1(C(=O)NCC(N2CCNCC2)C(F)(F)F)CCC1. The monoisotopic (exact) mass is 321 g/mol. The summed E-state index contributed by atoms with van der Waals surface area (Å²) in [6.45, 7) is 3.50. The number of rotatable bonds is 6. The van der Waals surface area contributed by atoms with Crippen LogP contribution in [0.4, 0.5) is 13.2 Å². The van der Waals surface area contributed by atoms with Crippen molar-refractivity contribution >= 4 is 5.91 Å². The third-order valence-electron chi connectivity index (χ3n) is 4.95. The van der Waals surface area contributed by atoms with Gasteiger partial charge in [-0.05, 0) is 19.3 Å². The van der Waals surface area contributed by atoms with E-state index in [9.17, 15) is 18.0 Å². The quantitative estimate of drug-likeness (QED) is 0.785. The van der Waals surface area contributed by atoms with Crippen molar-refractivity contribution in [1.29, 1.82) is 0 Å². The van der Waals surface area contributed by atoms with Gasteiger partial charge >= 0.3 is 6.18 Å². The van der Waals surface area contributed by atoms with Crippen molar-refractivity contribution in [2.45, 2.75) is 51.2 Å². The van der Waals surface area contributed by atoms with Crippen LogP contribution in [-0.4, -0.2) is 55.7 Å². The minimum absolute atomic E-state index is 0.190. The molecule has 2 rings (SSSR count). The molecule has 0 spiro atoms. The minimum atomic E-state index is -4.32. The van der Waals surface area contributed by atoms with Gasteiger partial charge in [0.2, 0.25) is 5.91 Å². The van der Waals surface area contributed by atoms with Crippen molar-refractivity contribution in [3.63, 3.8) is 0 Å². The molecule has 0 radical (unpaired) electrons. The van der Waals surface area contributed by atoms with E-state index in [1.54, 1.807) is 0 Å². The molecule has 2 N–H and O–H groups in total. The van der Waals surface area contributed by atoms with Crippen LogP contribution in [0.15, 0.2) is 0 Å². The molecule has 22 heavy (non-hydrogen) atoms. The van der Waals surface area contributed by atoms with Crippen molar-refractivity contribution < 1.29 is 18.0 Å². The van der Waals surface area contributed by atoms with Gasteiger partial charge in [0.25, 0.3) is 0 Å². The molecule has 2 aliphatic rings. The first-order valence-corrected chi connectivity index (χ1v) is 8.19. The Morgan fingerprint density at radius 3 is 2.41 bits per heavy atom. The van der Waals surface area contributed by atoms with Gasteiger partial charge < -0.3 is 10.6 Å². The Morgan fingerprint density at radius 2 is 1.95 bits per heavy atom. The fourth-order valence-electron chi connectivity index (χ4n) is 3.50. The van der Waals surface area contributed by atoms with Gasteiger partial charge in [-0.3, -0.25) is 9.69 Å². The van der Waals surface area contributed by atoms with Gasteiger partial charge in [-0.2, -0.15) is 13.2 Å². The van der Waals surface area contributed by atoms with E-state index >= 15 is 0 Å². The van der Waals surface area contributed by atoms with E-state index in [2.05, 4.69) is 10.6 Å². The summed E-state index contributed by atoms with van der Waals surface area (Å²) in [7, 11) is 0. The van der Waals surface area contributed by atoms with Crippen LogP contribution in [0.5, 0.6) is 0 Å². The summed E-state index contributed by atoms with van der Waals surface area (Å²) >= 11 is 0. The van der Waals surface area contributed by atoms with Gasteiger partial charge in [0.05, 0.1) is 0 Å². The van der Waals surface area contributed by atoms with Gasteiger partial charge in [0.15, 0.2) is 0 Å². The largest absolute Gasteiger partial charge is 0.405 e. The first-order valence-electron chi connectivity index (χ1n) is 8.19. The maximum absolute atomic E-state index is 13.3. The van der Waals surface area contributed by atoms with E-state index in [-0.39, 0.29) is 12.5 Å². The van der Waals surface area contributed by atoms with Crippen LogP contribution < -0.4 is 10.6 Å². The number of carbonyl (C=O) groups is 1. The molecule has 1 amide bonds. The second-order valence-corrected chi connectivity index (χ2v) is 6.44. The molecule has 4 nitrogen and oxygen atoms in total. The average molecular weight is 321 g/mol. The van der Waals surface area contributed by atoms with E-state index in [0.717, 1.165) is 32.1 Å². The van der Waals surface area contributed by atoms with Crippen molar-refractivity contribution in [2.24, 2.45) is 5.41 Å². The van der Waals surface area contributed by atoms with Crippen LogP contribution in [0.2, 0.25) is 0 Å². The van der Waals surface area contributed by atoms with Gasteiger partial charge in [0, 0.05) is 38.1 Å². The van der Waals surface area contributed by atoms with Crippen molar-refractivity contribution in [3.05, 3.63) is 0 Å². The fraction of sp³-hybridized carbons (Fsp3) is 0.933. The molecule has 7 heteroatoms. The molecule has 0 aromatic heterocycles. The molecule has 1 aliphatic heterocycles. The summed E-state index contributed by atoms with van der Waals surface area (Å²) in [6, 6.07) is -1.59. The van der Waals surface area contributed by atoms with Gasteiger partial charge in [-0.1, -0.05) is 19.8 Å². The summed E-state index contributed by atoms with van der Waals surface area (Å²) in [4.78, 5) is 13.8. The number of nitrogens with one attached hydrogen (secondary N) is 2. The molecule has 0 aromatic carbocycles. The van der Waals surface area contributed by atoms with Crippen molar-refractivity contribution in [3.8, 4) is 0 Å². The lowest BCUT2D eigenvalue weighted by Gasteiger charge is -2.41. The zero-order valence-corrected chi connectivity index (χ0v) is 13.1. The Kier molecular flexibility index (Phi) is 5.71. The third kappa shape index (κ3) is 3.93. The lowest BCUT2D eigenvalue weighted by molar-refractivity contribution is -0.184. The number of halogens is 3. The zero-order valence-electron chi connectivity index (χ0n) is 13.1. The summed E-state index contributed by atoms with van der Waals surface area (Å²) in [5, 5.41) is 5.64. The maximum atomic E-state index is 13.3. The van der Waals surface area contributed by atoms with E-state index in [1.165, 1.54) is 4.90 Å². The zero-order chi connectivity index (χ0) is 16.2. The smallest absolute Gasteiger partial charge is 0.354 e. The summed E-state index contributed by atoms with van der Waals surface area (Å²) in [6.07, 6.45) is -0.0683. The first kappa shape index (κ1) is 17.5. The molecule has 1 heterocycles. The molecule has 1 saturated carbocycles. The molecule has 0 bridgehead atoms. The number of hydrogen-bond donors (Lipinski definition) is 2. The number of nitrogens with zero attached hydrogens (tertiary/aromatic N) is 1. The highest BCUT2D eigenvalue weighted by Crippen LogP contribution is 2.45. The van der Waals surface area contributed by atoms with Crippen LogP contribution in [0, 0.1) is 5.41 Å². The second-order valence-electron chi connectivity index (χ2n) is 6.44. The lowest BCUT2D eigenvalue weighted by Crippen LogP contribution is -2.58. The van der Waals surface area contributed by atoms with E-state index in [1.807, 2.05) is 6.92 Å². The lowest BCUT2D eigenvalue weighted by atomic mass is 9.65. The Bertz CT molecular complexity index is 377. The number of piperazine rings is 1. The molecule has 1 unspecified atom stereocenters. The van der Waals surface area contributed by atoms with Crippen molar-refractivity contribution in [1.82, 2.24) is 15.5 Å².